The first-order valence-corrected chi connectivity index (χ1v) is 11.5. The largest absolute Gasteiger partial charge is 0.396 e. The van der Waals surface area contributed by atoms with E-state index >= 15 is 0 Å². The molecule has 2 aliphatic heterocycles. The van der Waals surface area contributed by atoms with Gasteiger partial charge in [0.25, 0.3) is 5.91 Å². The summed E-state index contributed by atoms with van der Waals surface area (Å²) in [5.74, 6) is 1.56. The van der Waals surface area contributed by atoms with E-state index in [-0.39, 0.29) is 17.9 Å². The number of fused-ring (bicyclic) bond motifs is 1. The van der Waals surface area contributed by atoms with Crippen LogP contribution in [0.15, 0.2) is 53.4 Å². The first-order chi connectivity index (χ1) is 14.0. The van der Waals surface area contributed by atoms with Gasteiger partial charge >= 0.3 is 0 Å². The fraction of sp³-hybridized carbons (Fsp3) is 0.458. The Morgan fingerprint density at radius 1 is 1.10 bits per heavy atom. The van der Waals surface area contributed by atoms with Gasteiger partial charge in [-0.1, -0.05) is 26.0 Å². The number of para-hydroxylation sites is 1. The van der Waals surface area contributed by atoms with Crippen molar-refractivity contribution in [3.05, 3.63) is 54.1 Å². The maximum Gasteiger partial charge on any atom is 0.253 e. The lowest BCUT2D eigenvalue weighted by Gasteiger charge is -2.41. The summed E-state index contributed by atoms with van der Waals surface area (Å²) in [7, 11) is 0. The number of rotatable bonds is 5. The predicted octanol–water partition coefficient (Wildman–Crippen LogP) is 5.15. The molecule has 2 aromatic rings. The van der Waals surface area contributed by atoms with Crippen molar-refractivity contribution in [1.82, 2.24) is 4.90 Å². The SMILES string of the molecule is CC(C)CC1(CO)CCN(C(=O)c2ccc(N3CSc4ccccc43)cc2)CC1. The number of piperidine rings is 1. The lowest BCUT2D eigenvalue weighted by Crippen LogP contribution is -2.45. The van der Waals surface area contributed by atoms with E-state index in [0.717, 1.165) is 49.5 Å². The van der Waals surface area contributed by atoms with Crippen LogP contribution in [0.1, 0.15) is 43.5 Å². The fourth-order valence-electron chi connectivity index (χ4n) is 4.66. The Morgan fingerprint density at radius 3 is 2.45 bits per heavy atom. The highest BCUT2D eigenvalue weighted by molar-refractivity contribution is 7.99. The Labute approximate surface area is 177 Å². The highest BCUT2D eigenvalue weighted by Gasteiger charge is 2.36. The molecular formula is C24H30N2O2S. The number of hydrogen-bond donors (Lipinski definition) is 1. The average Bonchev–Trinajstić information content (AvgIpc) is 3.18. The Hall–Kier alpha value is -1.98. The summed E-state index contributed by atoms with van der Waals surface area (Å²) in [5.41, 5.74) is 3.08. The van der Waals surface area contributed by atoms with Crippen molar-refractivity contribution in [3.8, 4) is 0 Å². The molecule has 1 fully saturated rings. The van der Waals surface area contributed by atoms with Crippen LogP contribution in [0.2, 0.25) is 0 Å². The normalized spacial score (nSPS) is 18.2. The van der Waals surface area contributed by atoms with Crippen LogP contribution in [-0.2, 0) is 0 Å². The van der Waals surface area contributed by atoms with Crippen molar-refractivity contribution in [2.45, 2.75) is 38.0 Å². The fourth-order valence-corrected chi connectivity index (χ4v) is 5.72. The van der Waals surface area contributed by atoms with Gasteiger partial charge in [0.15, 0.2) is 0 Å². The Morgan fingerprint density at radius 2 is 1.79 bits per heavy atom. The number of carbonyl (C=O) groups excluding carboxylic acids is 1. The van der Waals surface area contributed by atoms with Crippen LogP contribution in [0.5, 0.6) is 0 Å². The monoisotopic (exact) mass is 410 g/mol. The Balaban J connectivity index is 1.42. The number of carbonyl (C=O) groups is 1. The summed E-state index contributed by atoms with van der Waals surface area (Å²) in [4.78, 5) is 18.5. The molecule has 4 nitrogen and oxygen atoms in total. The summed E-state index contributed by atoms with van der Waals surface area (Å²) in [6, 6.07) is 16.4. The number of aliphatic hydroxyl groups excluding tert-OH is 1. The Bertz CT molecular complexity index is 857. The highest BCUT2D eigenvalue weighted by Crippen LogP contribution is 2.42. The molecule has 1 amide bonds. The van der Waals surface area contributed by atoms with E-state index in [9.17, 15) is 9.90 Å². The van der Waals surface area contributed by atoms with Gasteiger partial charge in [0, 0.05) is 35.8 Å². The molecule has 0 bridgehead atoms. The molecule has 0 unspecified atom stereocenters. The van der Waals surface area contributed by atoms with Crippen molar-refractivity contribution >= 4 is 29.0 Å². The van der Waals surface area contributed by atoms with Gasteiger partial charge in [0.1, 0.15) is 0 Å². The molecule has 154 valence electrons. The van der Waals surface area contributed by atoms with E-state index in [1.165, 1.54) is 10.6 Å². The zero-order valence-electron chi connectivity index (χ0n) is 17.3. The summed E-state index contributed by atoms with van der Waals surface area (Å²) >= 11 is 1.84. The molecule has 2 heterocycles. The molecule has 29 heavy (non-hydrogen) atoms. The lowest BCUT2D eigenvalue weighted by molar-refractivity contribution is 0.0247. The van der Waals surface area contributed by atoms with Gasteiger partial charge in [0.05, 0.1) is 11.6 Å². The third-order valence-corrected chi connectivity index (χ3v) is 7.26. The maximum atomic E-state index is 13.0. The highest BCUT2D eigenvalue weighted by atomic mass is 32.2. The number of likely N-dealkylation sites (tertiary alicyclic amines) is 1. The first-order valence-electron chi connectivity index (χ1n) is 10.5. The summed E-state index contributed by atoms with van der Waals surface area (Å²) in [6.45, 7) is 6.08. The molecule has 0 aromatic heterocycles. The number of hydrogen-bond acceptors (Lipinski definition) is 4. The van der Waals surface area contributed by atoms with Crippen molar-refractivity contribution in [1.29, 1.82) is 0 Å². The zero-order valence-corrected chi connectivity index (χ0v) is 18.1. The third-order valence-electron chi connectivity index (χ3n) is 6.22. The molecule has 1 saturated heterocycles. The van der Waals surface area contributed by atoms with E-state index < -0.39 is 0 Å². The Kier molecular flexibility index (Phi) is 5.88. The van der Waals surface area contributed by atoms with Gasteiger partial charge in [-0.05, 0) is 67.0 Å². The molecule has 2 aliphatic rings. The molecule has 0 atom stereocenters. The van der Waals surface area contributed by atoms with Gasteiger partial charge in [-0.25, -0.2) is 0 Å². The minimum Gasteiger partial charge on any atom is -0.396 e. The molecule has 0 radical (unpaired) electrons. The number of aliphatic hydroxyl groups is 1. The van der Waals surface area contributed by atoms with Crippen LogP contribution in [0, 0.1) is 11.3 Å². The quantitative estimate of drug-likeness (QED) is 0.740. The van der Waals surface area contributed by atoms with Crippen molar-refractivity contribution in [3.63, 3.8) is 0 Å². The van der Waals surface area contributed by atoms with Crippen molar-refractivity contribution < 1.29 is 9.90 Å². The van der Waals surface area contributed by atoms with Crippen molar-refractivity contribution in [2.75, 3.05) is 30.5 Å². The standard InChI is InChI=1S/C24H30N2O2S/c1-18(2)15-24(16-27)11-13-25(14-12-24)23(28)19-7-9-20(10-8-19)26-17-29-22-6-4-3-5-21(22)26/h3-10,18,27H,11-17H2,1-2H3. The van der Waals surface area contributed by atoms with Crippen LogP contribution >= 0.6 is 11.8 Å². The molecule has 4 rings (SSSR count). The van der Waals surface area contributed by atoms with Crippen LogP contribution < -0.4 is 4.90 Å². The third kappa shape index (κ3) is 4.17. The van der Waals surface area contributed by atoms with Crippen LogP contribution in [0.3, 0.4) is 0 Å². The van der Waals surface area contributed by atoms with E-state index in [0.29, 0.717) is 5.92 Å². The maximum absolute atomic E-state index is 13.0. The van der Waals surface area contributed by atoms with Crippen molar-refractivity contribution in [2.24, 2.45) is 11.3 Å². The van der Waals surface area contributed by atoms with Crippen LogP contribution in [-0.4, -0.2) is 41.5 Å². The van der Waals surface area contributed by atoms with Crippen LogP contribution in [0.4, 0.5) is 11.4 Å². The number of benzene rings is 2. The van der Waals surface area contributed by atoms with E-state index in [4.69, 9.17) is 0 Å². The molecule has 0 aliphatic carbocycles. The molecule has 1 N–H and O–H groups in total. The summed E-state index contributed by atoms with van der Waals surface area (Å²) in [6.07, 6.45) is 2.79. The predicted molar refractivity (Wildman–Crippen MR) is 120 cm³/mol. The molecule has 0 spiro atoms. The molecular weight excluding hydrogens is 380 g/mol. The van der Waals surface area contributed by atoms with Gasteiger partial charge in [-0.2, -0.15) is 0 Å². The number of thioether (sulfide) groups is 1. The lowest BCUT2D eigenvalue weighted by atomic mass is 9.73. The molecule has 2 aromatic carbocycles. The second-order valence-electron chi connectivity index (χ2n) is 8.76. The van der Waals surface area contributed by atoms with Gasteiger partial charge < -0.3 is 14.9 Å². The number of anilines is 2. The van der Waals surface area contributed by atoms with Gasteiger partial charge in [-0.15, -0.1) is 11.8 Å². The topological polar surface area (TPSA) is 43.8 Å². The summed E-state index contributed by atoms with van der Waals surface area (Å²) in [5, 5.41) is 9.93. The van der Waals surface area contributed by atoms with Gasteiger partial charge in [0.2, 0.25) is 0 Å². The molecule has 5 heteroatoms. The van der Waals surface area contributed by atoms with Gasteiger partial charge in [-0.3, -0.25) is 4.79 Å². The van der Waals surface area contributed by atoms with Crippen LogP contribution in [0.25, 0.3) is 0 Å². The second-order valence-corrected chi connectivity index (χ2v) is 9.75. The van der Waals surface area contributed by atoms with E-state index in [2.05, 4.69) is 55.1 Å². The summed E-state index contributed by atoms with van der Waals surface area (Å²) < 4.78 is 0. The number of amides is 1. The first kappa shape index (κ1) is 20.3. The second kappa shape index (κ2) is 8.41. The average molecular weight is 411 g/mol. The van der Waals surface area contributed by atoms with E-state index in [1.807, 2.05) is 28.8 Å². The molecule has 0 saturated carbocycles. The smallest absolute Gasteiger partial charge is 0.253 e. The minimum absolute atomic E-state index is 0.0182. The van der Waals surface area contributed by atoms with E-state index in [1.54, 1.807) is 0 Å². The minimum atomic E-state index is -0.0182. The number of nitrogens with zero attached hydrogens (tertiary/aromatic N) is 2. The zero-order chi connectivity index (χ0) is 20.4.